The molecular formula is C25H37NO4S. The maximum Gasteiger partial charge on any atom is 0.411 e. The first-order valence-electron chi connectivity index (χ1n) is 11.3. The number of nitrogens with zero attached hydrogens (tertiary/aromatic N) is 1. The summed E-state index contributed by atoms with van der Waals surface area (Å²) in [5.74, 6) is 0.156. The Labute approximate surface area is 191 Å². The van der Waals surface area contributed by atoms with Crippen molar-refractivity contribution in [1.29, 1.82) is 0 Å². The Morgan fingerprint density at radius 2 is 1.74 bits per heavy atom. The van der Waals surface area contributed by atoms with Gasteiger partial charge in [0, 0.05) is 12.2 Å². The summed E-state index contributed by atoms with van der Waals surface area (Å²) in [6.07, 6.45) is 11.6. The summed E-state index contributed by atoms with van der Waals surface area (Å²) in [7, 11) is 0. The van der Waals surface area contributed by atoms with E-state index in [1.807, 2.05) is 43.9 Å². The van der Waals surface area contributed by atoms with Gasteiger partial charge in [0.15, 0.2) is 0 Å². The van der Waals surface area contributed by atoms with Crippen LogP contribution in [0.15, 0.2) is 42.5 Å². The van der Waals surface area contributed by atoms with E-state index in [4.69, 9.17) is 9.84 Å². The van der Waals surface area contributed by atoms with Crippen molar-refractivity contribution < 1.29 is 19.4 Å². The maximum absolute atomic E-state index is 13.0. The van der Waals surface area contributed by atoms with Crippen LogP contribution in [0.5, 0.6) is 0 Å². The monoisotopic (exact) mass is 447 g/mol. The van der Waals surface area contributed by atoms with Crippen molar-refractivity contribution in [3.8, 4) is 0 Å². The highest BCUT2D eigenvalue weighted by molar-refractivity contribution is 7.99. The number of aliphatic carboxylic acids is 1. The molecule has 6 heteroatoms. The average molecular weight is 448 g/mol. The van der Waals surface area contributed by atoms with E-state index < -0.39 is 11.6 Å². The van der Waals surface area contributed by atoms with Gasteiger partial charge in [-0.3, -0.25) is 9.69 Å². The van der Waals surface area contributed by atoms with Gasteiger partial charge in [0.25, 0.3) is 0 Å². The van der Waals surface area contributed by atoms with E-state index in [1.54, 1.807) is 11.8 Å². The Hall–Kier alpha value is -1.95. The SMILES string of the molecule is CC(C)(C)OC(=O)N1[C@H](/C=C/CCCCCCCCC(=O)O)CS[C@@H]1c1ccccc1. The third kappa shape index (κ3) is 9.38. The van der Waals surface area contributed by atoms with Crippen LogP contribution in [-0.2, 0) is 9.53 Å². The van der Waals surface area contributed by atoms with Crippen LogP contribution in [0.4, 0.5) is 4.79 Å². The molecule has 0 aliphatic carbocycles. The van der Waals surface area contributed by atoms with Gasteiger partial charge in [-0.25, -0.2) is 4.79 Å². The molecular weight excluding hydrogens is 410 g/mol. The van der Waals surface area contributed by atoms with Crippen LogP contribution in [-0.4, -0.2) is 39.5 Å². The number of hydrogen-bond donors (Lipinski definition) is 1. The lowest BCUT2D eigenvalue weighted by Crippen LogP contribution is -2.40. The number of rotatable bonds is 11. The number of allylic oxidation sites excluding steroid dienone is 1. The molecule has 1 aromatic carbocycles. The number of benzene rings is 1. The van der Waals surface area contributed by atoms with Crippen molar-refractivity contribution in [3.05, 3.63) is 48.0 Å². The van der Waals surface area contributed by atoms with E-state index in [9.17, 15) is 9.59 Å². The minimum atomic E-state index is -0.704. The molecule has 1 aliphatic heterocycles. The van der Waals surface area contributed by atoms with Gasteiger partial charge in [-0.15, -0.1) is 11.8 Å². The molecule has 2 rings (SSSR count). The fraction of sp³-hybridized carbons (Fsp3) is 0.600. The number of carboxylic acid groups (broad SMARTS) is 1. The molecule has 1 fully saturated rings. The molecule has 0 bridgehead atoms. The number of ether oxygens (including phenoxy) is 1. The van der Waals surface area contributed by atoms with Gasteiger partial charge in [-0.1, -0.05) is 68.2 Å². The van der Waals surface area contributed by atoms with Crippen LogP contribution in [0, 0.1) is 0 Å². The second kappa shape index (κ2) is 12.8. The van der Waals surface area contributed by atoms with E-state index in [0.717, 1.165) is 56.3 Å². The summed E-state index contributed by atoms with van der Waals surface area (Å²) in [5, 5.41) is 8.62. The number of hydrogen-bond acceptors (Lipinski definition) is 4. The van der Waals surface area contributed by atoms with Gasteiger partial charge in [0.05, 0.1) is 6.04 Å². The second-order valence-corrected chi connectivity index (χ2v) is 10.1. The molecule has 2 atom stereocenters. The van der Waals surface area contributed by atoms with Crippen molar-refractivity contribution in [2.45, 2.75) is 89.2 Å². The zero-order valence-electron chi connectivity index (χ0n) is 19.1. The van der Waals surface area contributed by atoms with Gasteiger partial charge in [-0.2, -0.15) is 0 Å². The van der Waals surface area contributed by atoms with Crippen LogP contribution < -0.4 is 0 Å². The quantitative estimate of drug-likeness (QED) is 0.298. The minimum absolute atomic E-state index is 0.0288. The molecule has 1 N–H and O–H groups in total. The number of unbranched alkanes of at least 4 members (excludes halogenated alkanes) is 6. The van der Waals surface area contributed by atoms with Crippen LogP contribution >= 0.6 is 11.8 Å². The molecule has 1 aliphatic rings. The standard InChI is InChI=1S/C25H37NO4S/c1-25(2,3)30-24(29)26-21(19-31-23(26)20-15-11-10-12-16-20)17-13-8-6-4-5-7-9-14-18-22(27)28/h10-13,15-17,21,23H,4-9,14,18-19H2,1-3H3,(H,27,28)/b17-13+/t21-,23-/m1/s1. The molecule has 31 heavy (non-hydrogen) atoms. The second-order valence-electron chi connectivity index (χ2n) is 9.03. The summed E-state index contributed by atoms with van der Waals surface area (Å²) in [4.78, 5) is 25.4. The zero-order chi connectivity index (χ0) is 22.7. The smallest absolute Gasteiger partial charge is 0.411 e. The predicted molar refractivity (Wildman–Crippen MR) is 127 cm³/mol. The van der Waals surface area contributed by atoms with Gasteiger partial charge in [0.1, 0.15) is 11.0 Å². The Bertz CT molecular complexity index is 714. The van der Waals surface area contributed by atoms with Gasteiger partial charge >= 0.3 is 12.1 Å². The third-order valence-corrected chi connectivity index (χ3v) is 6.44. The predicted octanol–water partition coefficient (Wildman–Crippen LogP) is 6.80. The highest BCUT2D eigenvalue weighted by Gasteiger charge is 2.39. The Morgan fingerprint density at radius 1 is 1.10 bits per heavy atom. The lowest BCUT2D eigenvalue weighted by molar-refractivity contribution is -0.137. The molecule has 1 saturated heterocycles. The maximum atomic E-state index is 13.0. The summed E-state index contributed by atoms with van der Waals surface area (Å²) >= 11 is 1.78. The topological polar surface area (TPSA) is 66.8 Å². The number of amides is 1. The van der Waals surface area contributed by atoms with Gasteiger partial charge in [-0.05, 0) is 45.6 Å². The summed E-state index contributed by atoms with van der Waals surface area (Å²) in [6.45, 7) is 5.70. The molecule has 0 unspecified atom stereocenters. The Balaban J connectivity index is 1.84. The average Bonchev–Trinajstić information content (AvgIpc) is 3.12. The highest BCUT2D eigenvalue weighted by Crippen LogP contribution is 2.42. The number of carbonyl (C=O) groups is 2. The first-order chi connectivity index (χ1) is 14.8. The largest absolute Gasteiger partial charge is 0.481 e. The third-order valence-electron chi connectivity index (χ3n) is 5.09. The molecule has 0 spiro atoms. The number of thioether (sulfide) groups is 1. The summed E-state index contributed by atoms with van der Waals surface area (Å²) in [5.41, 5.74) is 0.599. The Morgan fingerprint density at radius 3 is 2.39 bits per heavy atom. The molecule has 0 aromatic heterocycles. The fourth-order valence-electron chi connectivity index (χ4n) is 3.59. The normalized spacial score (nSPS) is 19.1. The van der Waals surface area contributed by atoms with Crippen molar-refractivity contribution in [2.24, 2.45) is 0 Å². The van der Waals surface area contributed by atoms with E-state index in [2.05, 4.69) is 24.3 Å². The molecule has 0 saturated carbocycles. The lowest BCUT2D eigenvalue weighted by Gasteiger charge is -2.31. The molecule has 1 aromatic rings. The van der Waals surface area contributed by atoms with Crippen molar-refractivity contribution in [2.75, 3.05) is 5.75 Å². The van der Waals surface area contributed by atoms with E-state index >= 15 is 0 Å². The number of carbonyl (C=O) groups excluding carboxylic acids is 1. The molecule has 1 heterocycles. The van der Waals surface area contributed by atoms with E-state index in [0.29, 0.717) is 0 Å². The molecule has 0 radical (unpaired) electrons. The molecule has 172 valence electrons. The highest BCUT2D eigenvalue weighted by atomic mass is 32.2. The Kier molecular flexibility index (Phi) is 10.4. The van der Waals surface area contributed by atoms with Crippen molar-refractivity contribution in [1.82, 2.24) is 4.90 Å². The van der Waals surface area contributed by atoms with Gasteiger partial charge in [0.2, 0.25) is 0 Å². The van der Waals surface area contributed by atoms with E-state index in [-0.39, 0.29) is 23.9 Å². The van der Waals surface area contributed by atoms with Crippen LogP contribution in [0.2, 0.25) is 0 Å². The van der Waals surface area contributed by atoms with Crippen LogP contribution in [0.3, 0.4) is 0 Å². The lowest BCUT2D eigenvalue weighted by atomic mass is 10.1. The first-order valence-corrected chi connectivity index (χ1v) is 12.4. The van der Waals surface area contributed by atoms with Crippen LogP contribution in [0.1, 0.15) is 83.1 Å². The van der Waals surface area contributed by atoms with Crippen molar-refractivity contribution >= 4 is 23.8 Å². The molecule has 1 amide bonds. The summed E-state index contributed by atoms with van der Waals surface area (Å²) in [6, 6.07) is 10.2. The zero-order valence-corrected chi connectivity index (χ0v) is 19.9. The molecule has 5 nitrogen and oxygen atoms in total. The number of carboxylic acids is 1. The van der Waals surface area contributed by atoms with Gasteiger partial charge < -0.3 is 9.84 Å². The van der Waals surface area contributed by atoms with Crippen LogP contribution in [0.25, 0.3) is 0 Å². The summed E-state index contributed by atoms with van der Waals surface area (Å²) < 4.78 is 5.71. The minimum Gasteiger partial charge on any atom is -0.481 e. The first kappa shape index (κ1) is 25.3. The fourth-order valence-corrected chi connectivity index (χ4v) is 5.00. The van der Waals surface area contributed by atoms with E-state index in [1.165, 1.54) is 0 Å². The van der Waals surface area contributed by atoms with Crippen molar-refractivity contribution in [3.63, 3.8) is 0 Å².